The van der Waals surface area contributed by atoms with Crippen LogP contribution in [0.1, 0.15) is 32.1 Å². The minimum absolute atomic E-state index is 0.114. The highest BCUT2D eigenvalue weighted by molar-refractivity contribution is 6.21. The summed E-state index contributed by atoms with van der Waals surface area (Å²) in [6, 6.07) is 0. The Bertz CT molecular complexity index is 207. The molecule has 0 amide bonds. The number of fused-ring (bicyclic) bond motifs is 3. The maximum atomic E-state index is 11.0. The van der Waals surface area contributed by atoms with E-state index >= 15 is 0 Å². The molecule has 0 saturated heterocycles. The van der Waals surface area contributed by atoms with E-state index in [0.29, 0.717) is 12.3 Å². The van der Waals surface area contributed by atoms with Crippen LogP contribution in [0.25, 0.3) is 0 Å². The summed E-state index contributed by atoms with van der Waals surface area (Å²) in [6.45, 7) is 0. The maximum Gasteiger partial charge on any atom is 0.309 e. The summed E-state index contributed by atoms with van der Waals surface area (Å²) in [4.78, 5) is 11.0. The van der Waals surface area contributed by atoms with Gasteiger partial charge in [0.05, 0.1) is 5.41 Å². The van der Waals surface area contributed by atoms with Gasteiger partial charge in [-0.25, -0.2) is 0 Å². The molecule has 0 aromatic heterocycles. The van der Waals surface area contributed by atoms with Gasteiger partial charge >= 0.3 is 5.97 Å². The van der Waals surface area contributed by atoms with Crippen molar-refractivity contribution in [2.24, 2.45) is 11.3 Å². The van der Waals surface area contributed by atoms with Crippen molar-refractivity contribution in [3.05, 3.63) is 0 Å². The first kappa shape index (κ1) is 8.36. The SMILES string of the molecule is O=C(O)C12CCC(CC1)C(Cl)C2. The van der Waals surface area contributed by atoms with E-state index in [4.69, 9.17) is 16.7 Å². The standard InChI is InChI=1S/C9H13ClO2/c10-7-5-9(8(11)12)3-1-6(7)2-4-9/h6-7H,1-5H2,(H,11,12). The molecule has 2 bridgehead atoms. The molecule has 0 aromatic carbocycles. The molecule has 3 saturated carbocycles. The molecule has 0 aromatic rings. The van der Waals surface area contributed by atoms with Gasteiger partial charge in [0.2, 0.25) is 0 Å². The van der Waals surface area contributed by atoms with Crippen LogP contribution in [-0.4, -0.2) is 16.5 Å². The molecule has 3 heteroatoms. The molecule has 1 N–H and O–H groups in total. The number of hydrogen-bond acceptors (Lipinski definition) is 1. The van der Waals surface area contributed by atoms with Crippen LogP contribution >= 0.6 is 11.6 Å². The second-order valence-corrected chi connectivity index (χ2v) is 4.70. The number of hydrogen-bond donors (Lipinski definition) is 1. The van der Waals surface area contributed by atoms with Crippen LogP contribution in [0.3, 0.4) is 0 Å². The van der Waals surface area contributed by atoms with Crippen LogP contribution in [0, 0.1) is 11.3 Å². The van der Waals surface area contributed by atoms with Gasteiger partial charge in [0.1, 0.15) is 0 Å². The van der Waals surface area contributed by atoms with E-state index in [-0.39, 0.29) is 5.38 Å². The number of halogens is 1. The van der Waals surface area contributed by atoms with Crippen LogP contribution < -0.4 is 0 Å². The molecule has 68 valence electrons. The van der Waals surface area contributed by atoms with Gasteiger partial charge in [-0.1, -0.05) is 0 Å². The molecule has 0 aliphatic heterocycles. The van der Waals surface area contributed by atoms with Gasteiger partial charge in [-0.3, -0.25) is 4.79 Å². The van der Waals surface area contributed by atoms with Crippen molar-refractivity contribution in [3.63, 3.8) is 0 Å². The minimum atomic E-state index is -0.633. The molecule has 3 rings (SSSR count). The van der Waals surface area contributed by atoms with Crippen LogP contribution in [0.4, 0.5) is 0 Å². The van der Waals surface area contributed by atoms with Gasteiger partial charge in [-0.2, -0.15) is 0 Å². The first-order chi connectivity index (χ1) is 5.64. The normalized spacial score (nSPS) is 46.1. The summed E-state index contributed by atoms with van der Waals surface area (Å²) in [5.74, 6) is -0.0424. The van der Waals surface area contributed by atoms with Gasteiger partial charge in [0.15, 0.2) is 0 Å². The average Bonchev–Trinajstić information content (AvgIpc) is 2.05. The number of carboxylic acid groups (broad SMARTS) is 1. The van der Waals surface area contributed by atoms with Crippen LogP contribution in [0.5, 0.6) is 0 Å². The summed E-state index contributed by atoms with van der Waals surface area (Å²) in [5.41, 5.74) is -0.457. The van der Waals surface area contributed by atoms with Crippen molar-refractivity contribution in [1.29, 1.82) is 0 Å². The van der Waals surface area contributed by atoms with E-state index in [9.17, 15) is 4.79 Å². The van der Waals surface area contributed by atoms with Crippen molar-refractivity contribution in [3.8, 4) is 0 Å². The zero-order chi connectivity index (χ0) is 8.77. The highest BCUT2D eigenvalue weighted by atomic mass is 35.5. The van der Waals surface area contributed by atoms with Gasteiger partial charge < -0.3 is 5.11 Å². The van der Waals surface area contributed by atoms with Gasteiger partial charge in [0, 0.05) is 5.38 Å². The predicted molar refractivity (Wildman–Crippen MR) is 46.3 cm³/mol. The fourth-order valence-electron chi connectivity index (χ4n) is 2.60. The quantitative estimate of drug-likeness (QED) is 0.641. The van der Waals surface area contributed by atoms with Gasteiger partial charge in [-0.15, -0.1) is 11.6 Å². The highest BCUT2D eigenvalue weighted by Gasteiger charge is 2.49. The largest absolute Gasteiger partial charge is 0.481 e. The van der Waals surface area contributed by atoms with Crippen molar-refractivity contribution in [2.75, 3.05) is 0 Å². The second kappa shape index (κ2) is 2.63. The van der Waals surface area contributed by atoms with Crippen molar-refractivity contribution < 1.29 is 9.90 Å². The Morgan fingerprint density at radius 3 is 2.33 bits per heavy atom. The Morgan fingerprint density at radius 2 is 2.00 bits per heavy atom. The lowest BCUT2D eigenvalue weighted by molar-refractivity contribution is -0.155. The van der Waals surface area contributed by atoms with Crippen LogP contribution in [0.2, 0.25) is 0 Å². The molecule has 0 heterocycles. The number of carboxylic acids is 1. The fourth-order valence-corrected chi connectivity index (χ4v) is 3.15. The number of rotatable bonds is 1. The second-order valence-electron chi connectivity index (χ2n) is 4.14. The molecule has 3 fully saturated rings. The third-order valence-electron chi connectivity index (χ3n) is 3.54. The first-order valence-electron chi connectivity index (χ1n) is 4.51. The number of carbonyl (C=O) groups is 1. The summed E-state index contributed by atoms with van der Waals surface area (Å²) >= 11 is 6.08. The fraction of sp³-hybridized carbons (Fsp3) is 0.889. The van der Waals surface area contributed by atoms with E-state index < -0.39 is 11.4 Å². The lowest BCUT2D eigenvalue weighted by atomic mass is 9.60. The topological polar surface area (TPSA) is 37.3 Å². The van der Waals surface area contributed by atoms with E-state index in [0.717, 1.165) is 25.7 Å². The molecule has 12 heavy (non-hydrogen) atoms. The molecule has 1 atom stereocenters. The Balaban J connectivity index is 2.21. The summed E-state index contributed by atoms with van der Waals surface area (Å²) in [5, 5.41) is 9.19. The third-order valence-corrected chi connectivity index (χ3v) is 4.05. The summed E-state index contributed by atoms with van der Waals surface area (Å²) in [6.07, 6.45) is 4.40. The molecule has 3 aliphatic rings. The molecular weight excluding hydrogens is 176 g/mol. The lowest BCUT2D eigenvalue weighted by Crippen LogP contribution is -2.45. The monoisotopic (exact) mass is 188 g/mol. The molecule has 2 nitrogen and oxygen atoms in total. The van der Waals surface area contributed by atoms with Gasteiger partial charge in [0.25, 0.3) is 0 Å². The molecule has 1 unspecified atom stereocenters. The Morgan fingerprint density at radius 1 is 1.42 bits per heavy atom. The molecule has 3 aliphatic carbocycles. The highest BCUT2D eigenvalue weighted by Crippen LogP contribution is 2.52. The van der Waals surface area contributed by atoms with Crippen LogP contribution in [0.15, 0.2) is 0 Å². The van der Waals surface area contributed by atoms with Crippen molar-refractivity contribution >= 4 is 17.6 Å². The Hall–Kier alpha value is -0.240. The maximum absolute atomic E-state index is 11.0. The summed E-state index contributed by atoms with van der Waals surface area (Å²) < 4.78 is 0. The Kier molecular flexibility index (Phi) is 1.83. The average molecular weight is 189 g/mol. The molecular formula is C9H13ClO2. The zero-order valence-corrected chi connectivity index (χ0v) is 7.68. The van der Waals surface area contributed by atoms with Gasteiger partial charge in [-0.05, 0) is 38.0 Å². The third kappa shape index (κ3) is 1.05. The van der Waals surface area contributed by atoms with E-state index in [1.54, 1.807) is 0 Å². The molecule has 0 spiro atoms. The minimum Gasteiger partial charge on any atom is -0.481 e. The van der Waals surface area contributed by atoms with E-state index in [1.165, 1.54) is 0 Å². The van der Waals surface area contributed by atoms with Crippen molar-refractivity contribution in [2.45, 2.75) is 37.5 Å². The number of alkyl halides is 1. The zero-order valence-electron chi connectivity index (χ0n) is 6.92. The van der Waals surface area contributed by atoms with Crippen LogP contribution in [-0.2, 0) is 4.79 Å². The predicted octanol–water partition coefficient (Wildman–Crippen LogP) is 2.26. The first-order valence-corrected chi connectivity index (χ1v) is 4.95. The van der Waals surface area contributed by atoms with E-state index in [2.05, 4.69) is 0 Å². The number of aliphatic carboxylic acids is 1. The van der Waals surface area contributed by atoms with E-state index in [1.807, 2.05) is 0 Å². The smallest absolute Gasteiger partial charge is 0.309 e. The Labute approximate surface area is 76.9 Å². The van der Waals surface area contributed by atoms with Crippen molar-refractivity contribution in [1.82, 2.24) is 0 Å². The summed E-state index contributed by atoms with van der Waals surface area (Å²) in [7, 11) is 0. The molecule has 0 radical (unpaired) electrons. The lowest BCUT2D eigenvalue weighted by Gasteiger charge is -2.46.